The Kier molecular flexibility index (Phi) is 6.92. The highest BCUT2D eigenvalue weighted by molar-refractivity contribution is 5.79. The van der Waals surface area contributed by atoms with Crippen molar-refractivity contribution in [3.8, 4) is 0 Å². The molecule has 2 aromatic carbocycles. The van der Waals surface area contributed by atoms with Crippen LogP contribution in [0, 0.1) is 0 Å². The highest BCUT2D eigenvalue weighted by atomic mass is 15.2. The molecule has 0 saturated heterocycles. The lowest BCUT2D eigenvalue weighted by molar-refractivity contribution is 0.647. The molecule has 1 unspecified atom stereocenters. The summed E-state index contributed by atoms with van der Waals surface area (Å²) in [5.41, 5.74) is 2.68. The molecule has 23 heavy (non-hydrogen) atoms. The number of nitrogens with zero attached hydrogens (tertiary/aromatic N) is 1. The molecule has 0 radical (unpaired) electrons. The minimum absolute atomic E-state index is 0.390. The molecule has 0 aromatic heterocycles. The number of aliphatic imine (C=N–C) groups is 1. The van der Waals surface area contributed by atoms with Crippen LogP contribution in [-0.2, 0) is 6.42 Å². The SMILES string of the molecule is C=CCNC(=NC)NCC(Cc1ccccc1)c1ccccc1. The smallest absolute Gasteiger partial charge is 0.191 e. The third kappa shape index (κ3) is 5.62. The van der Waals surface area contributed by atoms with Crippen molar-refractivity contribution in [2.45, 2.75) is 12.3 Å². The molecule has 0 spiro atoms. The zero-order chi connectivity index (χ0) is 16.3. The maximum Gasteiger partial charge on any atom is 0.191 e. The van der Waals surface area contributed by atoms with Crippen LogP contribution in [0.1, 0.15) is 17.0 Å². The minimum Gasteiger partial charge on any atom is -0.356 e. The standard InChI is InChI=1S/C20H25N3/c1-3-14-22-20(21-2)23-16-19(18-12-8-5-9-13-18)15-17-10-6-4-7-11-17/h3-13,19H,1,14-16H2,2H3,(H2,21,22,23). The van der Waals surface area contributed by atoms with Gasteiger partial charge in [0.05, 0.1) is 0 Å². The molecule has 0 bridgehead atoms. The molecule has 2 N–H and O–H groups in total. The first-order valence-corrected chi connectivity index (χ1v) is 7.97. The molecular weight excluding hydrogens is 282 g/mol. The number of rotatable bonds is 7. The lowest BCUT2D eigenvalue weighted by Gasteiger charge is -2.20. The lowest BCUT2D eigenvalue weighted by atomic mass is 9.92. The molecule has 0 fully saturated rings. The molecule has 0 saturated carbocycles. The highest BCUT2D eigenvalue weighted by Gasteiger charge is 2.13. The zero-order valence-electron chi connectivity index (χ0n) is 13.7. The van der Waals surface area contributed by atoms with E-state index in [0.717, 1.165) is 18.9 Å². The zero-order valence-corrected chi connectivity index (χ0v) is 13.7. The maximum atomic E-state index is 4.24. The van der Waals surface area contributed by atoms with Gasteiger partial charge >= 0.3 is 0 Å². The van der Waals surface area contributed by atoms with Crippen LogP contribution in [-0.4, -0.2) is 26.1 Å². The quantitative estimate of drug-likeness (QED) is 0.467. The Morgan fingerprint density at radius 3 is 2.30 bits per heavy atom. The van der Waals surface area contributed by atoms with Crippen LogP contribution in [0.15, 0.2) is 78.3 Å². The normalized spacial score (nSPS) is 12.5. The topological polar surface area (TPSA) is 36.4 Å². The molecule has 0 aliphatic heterocycles. The van der Waals surface area contributed by atoms with Gasteiger partial charge in [-0.1, -0.05) is 66.7 Å². The van der Waals surface area contributed by atoms with Gasteiger partial charge in [-0.05, 0) is 17.5 Å². The second-order valence-electron chi connectivity index (χ2n) is 5.42. The number of benzene rings is 2. The largest absolute Gasteiger partial charge is 0.356 e. The van der Waals surface area contributed by atoms with E-state index in [-0.39, 0.29) is 0 Å². The summed E-state index contributed by atoms with van der Waals surface area (Å²) >= 11 is 0. The summed E-state index contributed by atoms with van der Waals surface area (Å²) in [6.07, 6.45) is 2.82. The fraction of sp³-hybridized carbons (Fsp3) is 0.250. The molecule has 0 aliphatic rings. The van der Waals surface area contributed by atoms with Crippen LogP contribution >= 0.6 is 0 Å². The van der Waals surface area contributed by atoms with E-state index in [9.17, 15) is 0 Å². The summed E-state index contributed by atoms with van der Waals surface area (Å²) in [5, 5.41) is 6.62. The third-order valence-electron chi connectivity index (χ3n) is 3.75. The summed E-state index contributed by atoms with van der Waals surface area (Å²) < 4.78 is 0. The number of nitrogens with one attached hydrogen (secondary N) is 2. The van der Waals surface area contributed by atoms with E-state index >= 15 is 0 Å². The Balaban J connectivity index is 2.06. The Morgan fingerprint density at radius 2 is 1.70 bits per heavy atom. The van der Waals surface area contributed by atoms with Gasteiger partial charge in [-0.25, -0.2) is 0 Å². The second-order valence-corrected chi connectivity index (χ2v) is 5.42. The summed E-state index contributed by atoms with van der Waals surface area (Å²) in [4.78, 5) is 4.24. The molecular formula is C20H25N3. The van der Waals surface area contributed by atoms with Crippen molar-refractivity contribution < 1.29 is 0 Å². The van der Waals surface area contributed by atoms with E-state index < -0.39 is 0 Å². The Morgan fingerprint density at radius 1 is 1.04 bits per heavy atom. The van der Waals surface area contributed by atoms with E-state index in [1.165, 1.54) is 11.1 Å². The van der Waals surface area contributed by atoms with Crippen molar-refractivity contribution in [3.63, 3.8) is 0 Å². The van der Waals surface area contributed by atoms with Gasteiger partial charge in [0.25, 0.3) is 0 Å². The Labute approximate surface area is 139 Å². The van der Waals surface area contributed by atoms with E-state index in [1.807, 2.05) is 6.08 Å². The molecule has 3 heteroatoms. The fourth-order valence-corrected chi connectivity index (χ4v) is 2.54. The first-order chi connectivity index (χ1) is 11.3. The average Bonchev–Trinajstić information content (AvgIpc) is 2.62. The predicted octanol–water partition coefficient (Wildman–Crippen LogP) is 3.36. The average molecular weight is 307 g/mol. The van der Waals surface area contributed by atoms with Gasteiger partial charge in [-0.15, -0.1) is 6.58 Å². The molecule has 0 heterocycles. The van der Waals surface area contributed by atoms with E-state index in [2.05, 4.69) is 82.9 Å². The van der Waals surface area contributed by atoms with Crippen LogP contribution in [0.2, 0.25) is 0 Å². The maximum absolute atomic E-state index is 4.24. The van der Waals surface area contributed by atoms with E-state index in [1.54, 1.807) is 7.05 Å². The first kappa shape index (κ1) is 16.8. The van der Waals surface area contributed by atoms with Crippen LogP contribution in [0.4, 0.5) is 0 Å². The van der Waals surface area contributed by atoms with Crippen molar-refractivity contribution in [2.24, 2.45) is 4.99 Å². The van der Waals surface area contributed by atoms with Gasteiger partial charge in [0.1, 0.15) is 0 Å². The number of hydrogen-bond donors (Lipinski definition) is 2. The van der Waals surface area contributed by atoms with Crippen molar-refractivity contribution in [2.75, 3.05) is 20.1 Å². The molecule has 3 nitrogen and oxygen atoms in total. The lowest BCUT2D eigenvalue weighted by Crippen LogP contribution is -2.39. The van der Waals surface area contributed by atoms with Gasteiger partial charge in [-0.2, -0.15) is 0 Å². The molecule has 120 valence electrons. The predicted molar refractivity (Wildman–Crippen MR) is 98.9 cm³/mol. The van der Waals surface area contributed by atoms with Gasteiger partial charge in [0, 0.05) is 26.1 Å². The van der Waals surface area contributed by atoms with Gasteiger partial charge in [0.15, 0.2) is 5.96 Å². The molecule has 2 aromatic rings. The molecule has 1 atom stereocenters. The van der Waals surface area contributed by atoms with Crippen molar-refractivity contribution in [3.05, 3.63) is 84.4 Å². The summed E-state index contributed by atoms with van der Waals surface area (Å²) in [5.74, 6) is 1.19. The third-order valence-corrected chi connectivity index (χ3v) is 3.75. The second kappa shape index (κ2) is 9.46. The van der Waals surface area contributed by atoms with Gasteiger partial charge in [0.2, 0.25) is 0 Å². The van der Waals surface area contributed by atoms with Crippen molar-refractivity contribution >= 4 is 5.96 Å². The van der Waals surface area contributed by atoms with Crippen LogP contribution in [0.3, 0.4) is 0 Å². The van der Waals surface area contributed by atoms with Crippen LogP contribution in [0.5, 0.6) is 0 Å². The number of hydrogen-bond acceptors (Lipinski definition) is 1. The summed E-state index contributed by atoms with van der Waals surface area (Å²) in [6, 6.07) is 21.2. The fourth-order valence-electron chi connectivity index (χ4n) is 2.54. The van der Waals surface area contributed by atoms with Crippen LogP contribution < -0.4 is 10.6 Å². The van der Waals surface area contributed by atoms with E-state index in [0.29, 0.717) is 12.5 Å². The molecule has 0 aliphatic carbocycles. The van der Waals surface area contributed by atoms with Gasteiger partial charge < -0.3 is 10.6 Å². The monoisotopic (exact) mass is 307 g/mol. The minimum atomic E-state index is 0.390. The molecule has 2 rings (SSSR count). The summed E-state index contributed by atoms with van der Waals surface area (Å²) in [7, 11) is 1.78. The van der Waals surface area contributed by atoms with Gasteiger partial charge in [-0.3, -0.25) is 4.99 Å². The first-order valence-electron chi connectivity index (χ1n) is 7.97. The van der Waals surface area contributed by atoms with Crippen molar-refractivity contribution in [1.82, 2.24) is 10.6 Å². The Hall–Kier alpha value is -2.55. The highest BCUT2D eigenvalue weighted by Crippen LogP contribution is 2.20. The Bertz CT molecular complexity index is 605. The number of guanidine groups is 1. The summed E-state index contributed by atoms with van der Waals surface area (Å²) in [6.45, 7) is 5.25. The van der Waals surface area contributed by atoms with Crippen LogP contribution in [0.25, 0.3) is 0 Å². The van der Waals surface area contributed by atoms with E-state index in [4.69, 9.17) is 0 Å². The van der Waals surface area contributed by atoms with Crippen molar-refractivity contribution in [1.29, 1.82) is 0 Å². The molecule has 0 amide bonds.